The van der Waals surface area contributed by atoms with Gasteiger partial charge in [-0.25, -0.2) is 0 Å². The predicted molar refractivity (Wildman–Crippen MR) is 83.2 cm³/mol. The summed E-state index contributed by atoms with van der Waals surface area (Å²) in [6.07, 6.45) is 1.70. The van der Waals surface area contributed by atoms with E-state index < -0.39 is 0 Å². The fraction of sp³-hybridized carbons (Fsp3) is 0.588. The molecular weight excluding hydrogens is 280 g/mol. The van der Waals surface area contributed by atoms with Crippen LogP contribution in [0.25, 0.3) is 0 Å². The Morgan fingerprint density at radius 2 is 1.82 bits per heavy atom. The number of likely N-dealkylation sites (tertiary alicyclic amines) is 1. The molecule has 2 heterocycles. The zero-order valence-corrected chi connectivity index (χ0v) is 13.2. The van der Waals surface area contributed by atoms with E-state index in [1.165, 1.54) is 0 Å². The quantitative estimate of drug-likeness (QED) is 0.845. The van der Waals surface area contributed by atoms with Gasteiger partial charge in [-0.1, -0.05) is 30.3 Å². The summed E-state index contributed by atoms with van der Waals surface area (Å²) < 4.78 is 11.4. The number of carbonyl (C=O) groups is 1. The van der Waals surface area contributed by atoms with E-state index in [1.807, 2.05) is 37.4 Å². The van der Waals surface area contributed by atoms with Crippen molar-refractivity contribution >= 4 is 5.91 Å². The van der Waals surface area contributed by atoms with E-state index >= 15 is 0 Å². The Bertz CT molecular complexity index is 490. The van der Waals surface area contributed by atoms with Crippen LogP contribution in [-0.2, 0) is 20.8 Å². The second-order valence-corrected chi connectivity index (χ2v) is 6.12. The number of hydrogen-bond acceptors (Lipinski definition) is 4. The first-order chi connectivity index (χ1) is 10.7. The molecule has 1 spiro atoms. The second-order valence-electron chi connectivity index (χ2n) is 6.12. The SMILES string of the molecule is CN(Cc1ccccc1)C(=O)CN1CCC2(CC1)OCCO2. The minimum absolute atomic E-state index is 0.160. The largest absolute Gasteiger partial charge is 0.347 e. The zero-order chi connectivity index (χ0) is 15.4. The third-order valence-corrected chi connectivity index (χ3v) is 4.48. The van der Waals surface area contributed by atoms with Crippen molar-refractivity contribution in [2.24, 2.45) is 0 Å². The molecular formula is C17H24N2O3. The number of rotatable bonds is 4. The van der Waals surface area contributed by atoms with E-state index in [9.17, 15) is 4.79 Å². The molecule has 120 valence electrons. The molecule has 2 aliphatic rings. The van der Waals surface area contributed by atoms with Crippen molar-refractivity contribution in [3.05, 3.63) is 35.9 Å². The highest BCUT2D eigenvalue weighted by atomic mass is 16.7. The van der Waals surface area contributed by atoms with Crippen LogP contribution >= 0.6 is 0 Å². The number of benzene rings is 1. The van der Waals surface area contributed by atoms with Crippen molar-refractivity contribution in [2.75, 3.05) is 39.9 Å². The van der Waals surface area contributed by atoms with Crippen molar-refractivity contribution < 1.29 is 14.3 Å². The van der Waals surface area contributed by atoms with Crippen molar-refractivity contribution in [2.45, 2.75) is 25.2 Å². The Hall–Kier alpha value is -1.43. The molecule has 0 atom stereocenters. The van der Waals surface area contributed by atoms with Gasteiger partial charge in [0.05, 0.1) is 19.8 Å². The predicted octanol–water partition coefficient (Wildman–Crippen LogP) is 1.48. The average molecular weight is 304 g/mol. The summed E-state index contributed by atoms with van der Waals surface area (Å²) in [6.45, 7) is 4.22. The van der Waals surface area contributed by atoms with Gasteiger partial charge in [0.25, 0.3) is 0 Å². The van der Waals surface area contributed by atoms with E-state index in [1.54, 1.807) is 4.90 Å². The number of carbonyl (C=O) groups excluding carboxylic acids is 1. The maximum Gasteiger partial charge on any atom is 0.236 e. The van der Waals surface area contributed by atoms with Gasteiger partial charge in [0.15, 0.2) is 5.79 Å². The van der Waals surface area contributed by atoms with Gasteiger partial charge in [-0.2, -0.15) is 0 Å². The minimum Gasteiger partial charge on any atom is -0.347 e. The average Bonchev–Trinajstić information content (AvgIpc) is 2.99. The molecule has 0 saturated carbocycles. The Labute approximate surface area is 131 Å². The molecule has 5 nitrogen and oxygen atoms in total. The van der Waals surface area contributed by atoms with Gasteiger partial charge < -0.3 is 14.4 Å². The highest BCUT2D eigenvalue weighted by Crippen LogP contribution is 2.31. The van der Waals surface area contributed by atoms with E-state index in [0.717, 1.165) is 31.5 Å². The highest BCUT2D eigenvalue weighted by Gasteiger charge is 2.40. The van der Waals surface area contributed by atoms with Crippen LogP contribution in [0.15, 0.2) is 30.3 Å². The number of amides is 1. The van der Waals surface area contributed by atoms with Gasteiger partial charge >= 0.3 is 0 Å². The fourth-order valence-electron chi connectivity index (χ4n) is 3.09. The Morgan fingerprint density at radius 1 is 1.18 bits per heavy atom. The van der Waals surface area contributed by atoms with Gasteiger partial charge in [-0.05, 0) is 5.56 Å². The first kappa shape index (κ1) is 15.5. The smallest absolute Gasteiger partial charge is 0.236 e. The summed E-state index contributed by atoms with van der Waals surface area (Å²) in [4.78, 5) is 16.3. The van der Waals surface area contributed by atoms with E-state index in [0.29, 0.717) is 26.3 Å². The second kappa shape index (κ2) is 6.77. The summed E-state index contributed by atoms with van der Waals surface area (Å²) in [6, 6.07) is 10.1. The summed E-state index contributed by atoms with van der Waals surface area (Å²) in [5, 5.41) is 0. The van der Waals surface area contributed by atoms with Gasteiger partial charge in [-0.3, -0.25) is 9.69 Å². The first-order valence-corrected chi connectivity index (χ1v) is 7.95. The van der Waals surface area contributed by atoms with Crippen LogP contribution in [0.1, 0.15) is 18.4 Å². The van der Waals surface area contributed by atoms with Gasteiger partial charge in [-0.15, -0.1) is 0 Å². The van der Waals surface area contributed by atoms with Crippen LogP contribution in [0, 0.1) is 0 Å². The molecule has 1 aromatic rings. The molecule has 0 radical (unpaired) electrons. The van der Waals surface area contributed by atoms with E-state index in [4.69, 9.17) is 9.47 Å². The van der Waals surface area contributed by atoms with E-state index in [2.05, 4.69) is 4.90 Å². The van der Waals surface area contributed by atoms with Crippen molar-refractivity contribution in [3.8, 4) is 0 Å². The maximum absolute atomic E-state index is 12.4. The lowest BCUT2D eigenvalue weighted by Crippen LogP contribution is -2.48. The van der Waals surface area contributed by atoms with Crippen LogP contribution in [-0.4, -0.2) is 61.4 Å². The molecule has 22 heavy (non-hydrogen) atoms. The molecule has 1 amide bonds. The van der Waals surface area contributed by atoms with Crippen molar-refractivity contribution in [1.29, 1.82) is 0 Å². The molecule has 0 N–H and O–H groups in total. The number of ether oxygens (including phenoxy) is 2. The van der Waals surface area contributed by atoms with Gasteiger partial charge in [0.2, 0.25) is 5.91 Å². The van der Waals surface area contributed by atoms with Gasteiger partial charge in [0.1, 0.15) is 0 Å². The number of hydrogen-bond donors (Lipinski definition) is 0. The normalized spacial score (nSPS) is 21.1. The van der Waals surface area contributed by atoms with Gasteiger partial charge in [0, 0.05) is 39.5 Å². The molecule has 2 saturated heterocycles. The summed E-state index contributed by atoms with van der Waals surface area (Å²) >= 11 is 0. The Kier molecular flexibility index (Phi) is 4.76. The topological polar surface area (TPSA) is 42.0 Å². The lowest BCUT2D eigenvalue weighted by molar-refractivity contribution is -0.186. The maximum atomic E-state index is 12.4. The van der Waals surface area contributed by atoms with Crippen LogP contribution < -0.4 is 0 Å². The molecule has 0 aromatic heterocycles. The fourth-order valence-corrected chi connectivity index (χ4v) is 3.09. The van der Waals surface area contributed by atoms with E-state index in [-0.39, 0.29) is 11.7 Å². The monoisotopic (exact) mass is 304 g/mol. The molecule has 0 unspecified atom stereocenters. The standard InChI is InChI=1S/C17H24N2O3/c1-18(13-15-5-3-2-4-6-15)16(20)14-19-9-7-17(8-10-19)21-11-12-22-17/h2-6H,7-14H2,1H3. The summed E-state index contributed by atoms with van der Waals surface area (Å²) in [5.41, 5.74) is 1.16. The Balaban J connectivity index is 1.46. The lowest BCUT2D eigenvalue weighted by atomic mass is 10.0. The molecule has 0 aliphatic carbocycles. The molecule has 2 fully saturated rings. The molecule has 1 aromatic carbocycles. The molecule has 0 bridgehead atoms. The first-order valence-electron chi connectivity index (χ1n) is 7.95. The molecule has 3 rings (SSSR count). The highest BCUT2D eigenvalue weighted by molar-refractivity contribution is 5.78. The van der Waals surface area contributed by atoms with Crippen molar-refractivity contribution in [3.63, 3.8) is 0 Å². The lowest BCUT2D eigenvalue weighted by Gasteiger charge is -2.37. The van der Waals surface area contributed by atoms with Crippen LogP contribution in [0.2, 0.25) is 0 Å². The number of nitrogens with zero attached hydrogens (tertiary/aromatic N) is 2. The number of likely N-dealkylation sites (N-methyl/N-ethyl adjacent to an activating group) is 1. The minimum atomic E-state index is -0.366. The summed E-state index contributed by atoms with van der Waals surface area (Å²) in [5.74, 6) is -0.205. The van der Waals surface area contributed by atoms with Crippen LogP contribution in [0.3, 0.4) is 0 Å². The molecule has 5 heteroatoms. The third-order valence-electron chi connectivity index (χ3n) is 4.48. The zero-order valence-electron chi connectivity index (χ0n) is 13.2. The van der Waals surface area contributed by atoms with Crippen LogP contribution in [0.5, 0.6) is 0 Å². The van der Waals surface area contributed by atoms with Crippen molar-refractivity contribution in [1.82, 2.24) is 9.80 Å². The number of piperidine rings is 1. The van der Waals surface area contributed by atoms with Crippen LogP contribution in [0.4, 0.5) is 0 Å². The summed E-state index contributed by atoms with van der Waals surface area (Å²) in [7, 11) is 1.87. The molecule has 2 aliphatic heterocycles. The third kappa shape index (κ3) is 3.66. The Morgan fingerprint density at radius 3 is 2.45 bits per heavy atom.